The van der Waals surface area contributed by atoms with E-state index >= 15 is 0 Å². The summed E-state index contributed by atoms with van der Waals surface area (Å²) in [5, 5.41) is 9.46. The highest BCUT2D eigenvalue weighted by Crippen LogP contribution is 2.32. The van der Waals surface area contributed by atoms with Crippen LogP contribution in [-0.4, -0.2) is 12.8 Å². The van der Waals surface area contributed by atoms with Crippen LogP contribution in [0.4, 0.5) is 0 Å². The Labute approximate surface area is 162 Å². The molecule has 3 aromatic rings. The van der Waals surface area contributed by atoms with Gasteiger partial charge in [0.1, 0.15) is 5.75 Å². The molecule has 0 saturated carbocycles. The number of hydrogen-bond acceptors (Lipinski definition) is 5. The van der Waals surface area contributed by atoms with E-state index in [9.17, 15) is 10.1 Å². The molecular formula is C23H15NO4. The van der Waals surface area contributed by atoms with Gasteiger partial charge in [-0.15, -0.1) is 0 Å². The van der Waals surface area contributed by atoms with Crippen molar-refractivity contribution in [3.8, 4) is 23.3 Å². The molecule has 5 nitrogen and oxygen atoms in total. The van der Waals surface area contributed by atoms with Crippen LogP contribution in [-0.2, 0) is 0 Å². The van der Waals surface area contributed by atoms with Gasteiger partial charge in [-0.25, -0.2) is 4.79 Å². The summed E-state index contributed by atoms with van der Waals surface area (Å²) in [7, 11) is 0. The summed E-state index contributed by atoms with van der Waals surface area (Å²) >= 11 is 0. The molecule has 5 heteroatoms. The fourth-order valence-corrected chi connectivity index (χ4v) is 2.82. The predicted octanol–water partition coefficient (Wildman–Crippen LogP) is 4.70. The summed E-state index contributed by atoms with van der Waals surface area (Å²) in [5.41, 5.74) is 2.48. The molecule has 0 radical (unpaired) electrons. The molecule has 1 aliphatic heterocycles. The van der Waals surface area contributed by atoms with E-state index in [-0.39, 0.29) is 6.79 Å². The van der Waals surface area contributed by atoms with Crippen LogP contribution in [0.15, 0.2) is 72.8 Å². The summed E-state index contributed by atoms with van der Waals surface area (Å²) in [5.74, 6) is 1.02. The van der Waals surface area contributed by atoms with Gasteiger partial charge in [-0.3, -0.25) is 0 Å². The molecule has 4 rings (SSSR count). The van der Waals surface area contributed by atoms with Crippen molar-refractivity contribution >= 4 is 17.6 Å². The van der Waals surface area contributed by atoms with Crippen molar-refractivity contribution in [2.45, 2.75) is 0 Å². The van der Waals surface area contributed by atoms with Crippen LogP contribution in [0.2, 0.25) is 0 Å². The molecule has 0 fully saturated rings. The Bertz CT molecular complexity index is 1100. The maximum absolute atomic E-state index is 12.4. The van der Waals surface area contributed by atoms with E-state index in [0.29, 0.717) is 28.4 Å². The second-order valence-corrected chi connectivity index (χ2v) is 6.07. The number of esters is 1. The second-order valence-electron chi connectivity index (χ2n) is 6.07. The lowest BCUT2D eigenvalue weighted by Gasteiger charge is -2.06. The second kappa shape index (κ2) is 7.68. The molecule has 0 spiro atoms. The summed E-state index contributed by atoms with van der Waals surface area (Å²) in [6.45, 7) is 0.144. The van der Waals surface area contributed by atoms with Gasteiger partial charge in [0.15, 0.2) is 11.5 Å². The Balaban J connectivity index is 1.55. The lowest BCUT2D eigenvalue weighted by Crippen LogP contribution is -2.08. The monoisotopic (exact) mass is 369 g/mol. The molecule has 0 saturated heterocycles. The first-order valence-electron chi connectivity index (χ1n) is 8.62. The Kier molecular flexibility index (Phi) is 4.77. The van der Waals surface area contributed by atoms with Crippen molar-refractivity contribution in [2.24, 2.45) is 0 Å². The number of rotatable bonds is 4. The van der Waals surface area contributed by atoms with E-state index in [1.165, 1.54) is 0 Å². The highest BCUT2D eigenvalue weighted by Gasteiger charge is 2.17. The number of allylic oxidation sites excluding steroid dienone is 1. The third-order valence-corrected chi connectivity index (χ3v) is 4.19. The van der Waals surface area contributed by atoms with Crippen molar-refractivity contribution < 1.29 is 19.0 Å². The zero-order valence-corrected chi connectivity index (χ0v) is 14.8. The number of hydrogen-bond donors (Lipinski definition) is 0. The SMILES string of the molecule is N#C/C(=C/c1cccc(OC(=O)c2ccc3c(c2)OCO3)c1)c1ccccc1. The number of benzene rings is 3. The first-order valence-corrected chi connectivity index (χ1v) is 8.62. The molecule has 136 valence electrons. The number of nitrogens with zero attached hydrogens (tertiary/aromatic N) is 1. The van der Waals surface area contributed by atoms with E-state index in [1.54, 1.807) is 42.5 Å². The van der Waals surface area contributed by atoms with Crippen LogP contribution in [0, 0.1) is 11.3 Å². The van der Waals surface area contributed by atoms with Crippen LogP contribution in [0.1, 0.15) is 21.5 Å². The Morgan fingerprint density at radius 3 is 2.57 bits per heavy atom. The number of carbonyl (C=O) groups excluding carboxylic acids is 1. The highest BCUT2D eigenvalue weighted by molar-refractivity contribution is 5.92. The van der Waals surface area contributed by atoms with E-state index < -0.39 is 5.97 Å². The highest BCUT2D eigenvalue weighted by atomic mass is 16.7. The first kappa shape index (κ1) is 17.4. The van der Waals surface area contributed by atoms with Gasteiger partial charge in [-0.1, -0.05) is 42.5 Å². The van der Waals surface area contributed by atoms with Gasteiger partial charge in [0.2, 0.25) is 6.79 Å². The fraction of sp³-hybridized carbons (Fsp3) is 0.0435. The Hall–Kier alpha value is -4.04. The van der Waals surface area contributed by atoms with Crippen LogP contribution < -0.4 is 14.2 Å². The molecule has 1 aliphatic rings. The van der Waals surface area contributed by atoms with Crippen molar-refractivity contribution in [3.63, 3.8) is 0 Å². The van der Waals surface area contributed by atoms with E-state index in [0.717, 1.165) is 11.1 Å². The molecule has 28 heavy (non-hydrogen) atoms. The fourth-order valence-electron chi connectivity index (χ4n) is 2.82. The van der Waals surface area contributed by atoms with Crippen molar-refractivity contribution in [3.05, 3.63) is 89.5 Å². The van der Waals surface area contributed by atoms with Gasteiger partial charge in [-0.05, 0) is 47.5 Å². The normalized spacial score (nSPS) is 12.3. The van der Waals surface area contributed by atoms with Gasteiger partial charge < -0.3 is 14.2 Å². The van der Waals surface area contributed by atoms with Crippen LogP contribution >= 0.6 is 0 Å². The standard InChI is InChI=1S/C23H15NO4/c24-14-19(17-6-2-1-3-7-17)11-16-5-4-8-20(12-16)28-23(25)18-9-10-21-22(13-18)27-15-26-21/h1-13H,15H2/b19-11-. The van der Waals surface area contributed by atoms with Gasteiger partial charge in [0.05, 0.1) is 17.2 Å². The molecular weight excluding hydrogens is 354 g/mol. The molecule has 0 bridgehead atoms. The van der Waals surface area contributed by atoms with Gasteiger partial charge in [0.25, 0.3) is 0 Å². The topological polar surface area (TPSA) is 68.5 Å². The maximum atomic E-state index is 12.4. The quantitative estimate of drug-likeness (QED) is 0.289. The van der Waals surface area contributed by atoms with Crippen molar-refractivity contribution in [1.29, 1.82) is 5.26 Å². The minimum atomic E-state index is -0.497. The van der Waals surface area contributed by atoms with Crippen LogP contribution in [0.25, 0.3) is 11.6 Å². The smallest absolute Gasteiger partial charge is 0.343 e. The minimum Gasteiger partial charge on any atom is -0.454 e. The van der Waals surface area contributed by atoms with E-state index in [4.69, 9.17) is 14.2 Å². The third-order valence-electron chi connectivity index (χ3n) is 4.19. The maximum Gasteiger partial charge on any atom is 0.343 e. The summed E-state index contributed by atoms with van der Waals surface area (Å²) in [4.78, 5) is 12.4. The largest absolute Gasteiger partial charge is 0.454 e. The number of carbonyl (C=O) groups is 1. The molecule has 3 aromatic carbocycles. The van der Waals surface area contributed by atoms with E-state index in [1.807, 2.05) is 36.4 Å². The average Bonchev–Trinajstić information content (AvgIpc) is 3.21. The third kappa shape index (κ3) is 3.71. The van der Waals surface area contributed by atoms with Crippen LogP contribution in [0.3, 0.4) is 0 Å². The lowest BCUT2D eigenvalue weighted by molar-refractivity contribution is 0.0734. The number of ether oxygens (including phenoxy) is 3. The van der Waals surface area contributed by atoms with E-state index in [2.05, 4.69) is 6.07 Å². The van der Waals surface area contributed by atoms with Gasteiger partial charge in [-0.2, -0.15) is 5.26 Å². The molecule has 0 N–H and O–H groups in total. The minimum absolute atomic E-state index is 0.144. The van der Waals surface area contributed by atoms with Gasteiger partial charge >= 0.3 is 5.97 Å². The van der Waals surface area contributed by atoms with Crippen LogP contribution in [0.5, 0.6) is 17.2 Å². The summed E-state index contributed by atoms with van der Waals surface area (Å²) in [6, 6.07) is 23.5. The number of fused-ring (bicyclic) bond motifs is 1. The summed E-state index contributed by atoms with van der Waals surface area (Å²) < 4.78 is 16.0. The average molecular weight is 369 g/mol. The predicted molar refractivity (Wildman–Crippen MR) is 104 cm³/mol. The molecule has 0 aromatic heterocycles. The molecule has 0 amide bonds. The van der Waals surface area contributed by atoms with Crippen molar-refractivity contribution in [1.82, 2.24) is 0 Å². The Morgan fingerprint density at radius 2 is 1.75 bits per heavy atom. The molecule has 1 heterocycles. The first-order chi connectivity index (χ1) is 13.7. The number of nitriles is 1. The molecule has 0 aliphatic carbocycles. The zero-order valence-electron chi connectivity index (χ0n) is 14.8. The van der Waals surface area contributed by atoms with Gasteiger partial charge in [0, 0.05) is 0 Å². The molecule has 0 atom stereocenters. The zero-order chi connectivity index (χ0) is 19.3. The lowest BCUT2D eigenvalue weighted by atomic mass is 10.0. The van der Waals surface area contributed by atoms with Crippen molar-refractivity contribution in [2.75, 3.05) is 6.79 Å². The summed E-state index contributed by atoms with van der Waals surface area (Å²) in [6.07, 6.45) is 1.76. The molecule has 0 unspecified atom stereocenters. The Morgan fingerprint density at radius 1 is 0.929 bits per heavy atom.